The van der Waals surface area contributed by atoms with Gasteiger partial charge in [-0.05, 0) is 6.07 Å². The molecule has 2 aliphatic heterocycles. The summed E-state index contributed by atoms with van der Waals surface area (Å²) in [5.41, 5.74) is 0.570. The van der Waals surface area contributed by atoms with Crippen LogP contribution < -0.4 is 0 Å². The van der Waals surface area contributed by atoms with Gasteiger partial charge >= 0.3 is 0 Å². The third kappa shape index (κ3) is 1.92. The fraction of sp³-hybridized carbons (Fsp3) is 0.500. The average Bonchev–Trinajstić information content (AvgIpc) is 3.08. The van der Waals surface area contributed by atoms with Gasteiger partial charge in [-0.3, -0.25) is 14.3 Å². The summed E-state index contributed by atoms with van der Waals surface area (Å²) in [7, 11) is 1.75. The van der Waals surface area contributed by atoms with Gasteiger partial charge < -0.3 is 9.80 Å². The molecule has 1 aromatic heterocycles. The van der Waals surface area contributed by atoms with Crippen molar-refractivity contribution in [3.8, 4) is 0 Å². The zero-order valence-corrected chi connectivity index (χ0v) is 11.5. The van der Waals surface area contributed by atoms with E-state index < -0.39 is 0 Å². The predicted molar refractivity (Wildman–Crippen MR) is 72.9 cm³/mol. The summed E-state index contributed by atoms with van der Waals surface area (Å²) in [4.78, 5) is 28.2. The van der Waals surface area contributed by atoms with Gasteiger partial charge in [0.05, 0.1) is 5.92 Å². The van der Waals surface area contributed by atoms with E-state index in [0.29, 0.717) is 25.3 Å². The average molecular weight is 274 g/mol. The maximum atomic E-state index is 12.4. The van der Waals surface area contributed by atoms with Gasteiger partial charge in [0.15, 0.2) is 0 Å². The Morgan fingerprint density at radius 1 is 1.50 bits per heavy atom. The Balaban J connectivity index is 1.71. The van der Waals surface area contributed by atoms with E-state index in [1.165, 1.54) is 0 Å². The molecule has 0 bridgehead atoms. The van der Waals surface area contributed by atoms with Crippen molar-refractivity contribution in [2.75, 3.05) is 26.2 Å². The number of hydrogen-bond acceptors (Lipinski definition) is 3. The standard InChI is InChI=1S/C14H18N4O2/c1-3-6-17-7-10-8-18(9-11(10)13(17)19)14(20)12-4-5-15-16(12)2/h3-5,10-11H,1,6-9H2,2H3/t10-,11+/m0/s1. The van der Waals surface area contributed by atoms with E-state index in [9.17, 15) is 9.59 Å². The van der Waals surface area contributed by atoms with Crippen LogP contribution in [0.4, 0.5) is 0 Å². The Kier molecular flexibility index (Phi) is 3.08. The lowest BCUT2D eigenvalue weighted by Gasteiger charge is -2.20. The van der Waals surface area contributed by atoms with Crippen LogP contribution in [0.25, 0.3) is 0 Å². The van der Waals surface area contributed by atoms with Crippen LogP contribution >= 0.6 is 0 Å². The molecule has 20 heavy (non-hydrogen) atoms. The number of hydrogen-bond donors (Lipinski definition) is 0. The van der Waals surface area contributed by atoms with Crippen LogP contribution in [0.15, 0.2) is 24.9 Å². The minimum absolute atomic E-state index is 0.0394. The Morgan fingerprint density at radius 2 is 2.30 bits per heavy atom. The molecule has 0 radical (unpaired) electrons. The van der Waals surface area contributed by atoms with Crippen molar-refractivity contribution in [1.82, 2.24) is 19.6 Å². The predicted octanol–water partition coefficient (Wildman–Crippen LogP) is 0.136. The molecule has 106 valence electrons. The number of carbonyl (C=O) groups is 2. The van der Waals surface area contributed by atoms with Gasteiger partial charge in [-0.2, -0.15) is 5.10 Å². The quantitative estimate of drug-likeness (QED) is 0.737. The maximum Gasteiger partial charge on any atom is 0.272 e. The molecular formula is C14H18N4O2. The summed E-state index contributed by atoms with van der Waals surface area (Å²) in [6.07, 6.45) is 3.36. The van der Waals surface area contributed by atoms with Gasteiger partial charge in [0.1, 0.15) is 5.69 Å². The molecule has 2 atom stereocenters. The van der Waals surface area contributed by atoms with Crippen molar-refractivity contribution >= 4 is 11.8 Å². The lowest BCUT2D eigenvalue weighted by atomic mass is 10.0. The van der Waals surface area contributed by atoms with E-state index in [1.807, 2.05) is 4.90 Å². The van der Waals surface area contributed by atoms with Gasteiger partial charge in [0.2, 0.25) is 5.91 Å². The molecule has 0 aromatic carbocycles. The summed E-state index contributed by atoms with van der Waals surface area (Å²) >= 11 is 0. The van der Waals surface area contributed by atoms with E-state index in [2.05, 4.69) is 11.7 Å². The molecule has 0 aliphatic carbocycles. The molecule has 1 aromatic rings. The summed E-state index contributed by atoms with van der Waals surface area (Å²) < 4.78 is 1.57. The molecule has 0 N–H and O–H groups in total. The second-order valence-electron chi connectivity index (χ2n) is 5.45. The van der Waals surface area contributed by atoms with Gasteiger partial charge in [-0.25, -0.2) is 0 Å². The number of likely N-dealkylation sites (tertiary alicyclic amines) is 2. The van der Waals surface area contributed by atoms with Crippen LogP contribution in [0.2, 0.25) is 0 Å². The number of nitrogens with zero attached hydrogens (tertiary/aromatic N) is 4. The van der Waals surface area contributed by atoms with Crippen LogP contribution in [-0.2, 0) is 11.8 Å². The third-order valence-electron chi connectivity index (χ3n) is 4.20. The Labute approximate surface area is 117 Å². The fourth-order valence-electron chi connectivity index (χ4n) is 3.18. The number of aryl methyl sites for hydroxylation is 1. The molecular weight excluding hydrogens is 256 g/mol. The highest BCUT2D eigenvalue weighted by Gasteiger charge is 2.47. The van der Waals surface area contributed by atoms with E-state index in [-0.39, 0.29) is 23.7 Å². The van der Waals surface area contributed by atoms with Crippen molar-refractivity contribution in [2.45, 2.75) is 0 Å². The molecule has 0 saturated carbocycles. The zero-order chi connectivity index (χ0) is 14.3. The van der Waals surface area contributed by atoms with Crippen LogP contribution in [-0.4, -0.2) is 57.6 Å². The Hall–Kier alpha value is -2.11. The second-order valence-corrected chi connectivity index (χ2v) is 5.45. The van der Waals surface area contributed by atoms with Crippen molar-refractivity contribution in [3.05, 3.63) is 30.6 Å². The molecule has 0 spiro atoms. The third-order valence-corrected chi connectivity index (χ3v) is 4.20. The van der Waals surface area contributed by atoms with Crippen molar-refractivity contribution < 1.29 is 9.59 Å². The van der Waals surface area contributed by atoms with Gasteiger partial charge in [0.25, 0.3) is 5.91 Å². The normalized spacial score (nSPS) is 25.1. The van der Waals surface area contributed by atoms with E-state index in [1.54, 1.807) is 35.0 Å². The van der Waals surface area contributed by atoms with Crippen molar-refractivity contribution in [3.63, 3.8) is 0 Å². The second kappa shape index (κ2) is 4.77. The highest BCUT2D eigenvalue weighted by Crippen LogP contribution is 2.32. The van der Waals surface area contributed by atoms with Crippen LogP contribution in [0, 0.1) is 11.8 Å². The topological polar surface area (TPSA) is 58.4 Å². The van der Waals surface area contributed by atoms with Crippen molar-refractivity contribution in [1.29, 1.82) is 0 Å². The SMILES string of the molecule is C=CCN1C[C@H]2CN(C(=O)c3ccnn3C)C[C@H]2C1=O. The fourth-order valence-corrected chi connectivity index (χ4v) is 3.18. The monoisotopic (exact) mass is 274 g/mol. The zero-order valence-electron chi connectivity index (χ0n) is 11.5. The molecule has 2 aliphatic rings. The van der Waals surface area contributed by atoms with Crippen molar-refractivity contribution in [2.24, 2.45) is 18.9 Å². The largest absolute Gasteiger partial charge is 0.338 e. The van der Waals surface area contributed by atoms with E-state index in [4.69, 9.17) is 0 Å². The number of amides is 2. The molecule has 2 amide bonds. The van der Waals surface area contributed by atoms with E-state index in [0.717, 1.165) is 6.54 Å². The first-order valence-corrected chi connectivity index (χ1v) is 6.78. The Morgan fingerprint density at radius 3 is 2.90 bits per heavy atom. The molecule has 3 heterocycles. The maximum absolute atomic E-state index is 12.4. The highest BCUT2D eigenvalue weighted by atomic mass is 16.2. The first-order valence-electron chi connectivity index (χ1n) is 6.78. The number of fused-ring (bicyclic) bond motifs is 1. The van der Waals surface area contributed by atoms with Crippen LogP contribution in [0.1, 0.15) is 10.5 Å². The molecule has 2 saturated heterocycles. The van der Waals surface area contributed by atoms with Crippen LogP contribution in [0.5, 0.6) is 0 Å². The molecule has 2 fully saturated rings. The molecule has 6 nitrogen and oxygen atoms in total. The lowest BCUT2D eigenvalue weighted by molar-refractivity contribution is -0.130. The minimum Gasteiger partial charge on any atom is -0.338 e. The molecule has 6 heteroatoms. The summed E-state index contributed by atoms with van der Waals surface area (Å²) in [5.74, 6) is 0.310. The first-order chi connectivity index (χ1) is 9.61. The van der Waals surface area contributed by atoms with Gasteiger partial charge in [-0.15, -0.1) is 6.58 Å². The molecule has 3 rings (SSSR count). The van der Waals surface area contributed by atoms with Gasteiger partial charge in [-0.1, -0.05) is 6.08 Å². The van der Waals surface area contributed by atoms with Crippen LogP contribution in [0.3, 0.4) is 0 Å². The lowest BCUT2D eigenvalue weighted by Crippen LogP contribution is -2.36. The Bertz CT molecular complexity index is 565. The first kappa shape index (κ1) is 12.9. The number of aromatic nitrogens is 2. The number of rotatable bonds is 3. The number of carbonyl (C=O) groups excluding carboxylic acids is 2. The van der Waals surface area contributed by atoms with Gasteiger partial charge in [0, 0.05) is 45.3 Å². The summed E-state index contributed by atoms with van der Waals surface area (Å²) in [5, 5.41) is 4.02. The smallest absolute Gasteiger partial charge is 0.272 e. The van der Waals surface area contributed by atoms with E-state index >= 15 is 0 Å². The summed E-state index contributed by atoms with van der Waals surface area (Å²) in [6, 6.07) is 1.71. The highest BCUT2D eigenvalue weighted by molar-refractivity contribution is 5.93. The molecule has 0 unspecified atom stereocenters. The minimum atomic E-state index is -0.0490. The summed E-state index contributed by atoms with van der Waals surface area (Å²) in [6.45, 7) is 6.16.